The number of anilines is 2. The molecule has 0 aromatic heterocycles. The van der Waals surface area contributed by atoms with E-state index in [2.05, 4.69) is 21.2 Å². The highest BCUT2D eigenvalue weighted by Crippen LogP contribution is 2.21. The topological polar surface area (TPSA) is 78.9 Å². The third-order valence-electron chi connectivity index (χ3n) is 2.61. The molecule has 4 nitrogen and oxygen atoms in total. The number of halogens is 2. The molecule has 6 heteroatoms. The van der Waals surface area contributed by atoms with Gasteiger partial charge in [-0.2, -0.15) is 5.26 Å². The van der Waals surface area contributed by atoms with Gasteiger partial charge < -0.3 is 11.1 Å². The molecule has 2 rings (SSSR count). The molecule has 0 atom stereocenters. The summed E-state index contributed by atoms with van der Waals surface area (Å²) in [5, 5.41) is 11.1. The average Bonchev–Trinajstić information content (AvgIpc) is 2.43. The summed E-state index contributed by atoms with van der Waals surface area (Å²) in [6, 6.07) is 10.5. The fraction of sp³-hybridized carbons (Fsp3) is 0. The van der Waals surface area contributed by atoms with Gasteiger partial charge in [0.2, 0.25) is 0 Å². The highest BCUT2D eigenvalue weighted by atomic mass is 79.9. The van der Waals surface area contributed by atoms with E-state index >= 15 is 0 Å². The van der Waals surface area contributed by atoms with Gasteiger partial charge in [0, 0.05) is 10.2 Å². The smallest absolute Gasteiger partial charge is 0.257 e. The van der Waals surface area contributed by atoms with E-state index in [0.717, 1.165) is 6.07 Å². The van der Waals surface area contributed by atoms with Crippen LogP contribution < -0.4 is 11.1 Å². The van der Waals surface area contributed by atoms with E-state index in [4.69, 9.17) is 11.0 Å². The van der Waals surface area contributed by atoms with Gasteiger partial charge in [-0.05, 0) is 36.4 Å². The van der Waals surface area contributed by atoms with E-state index in [9.17, 15) is 9.18 Å². The van der Waals surface area contributed by atoms with Crippen molar-refractivity contribution in [1.82, 2.24) is 0 Å². The third-order valence-corrected chi connectivity index (χ3v) is 3.10. The monoisotopic (exact) mass is 333 g/mol. The molecular weight excluding hydrogens is 325 g/mol. The summed E-state index contributed by atoms with van der Waals surface area (Å²) in [6.07, 6.45) is 0. The fourth-order valence-corrected chi connectivity index (χ4v) is 1.96. The number of hydrogen-bond donors (Lipinski definition) is 2. The van der Waals surface area contributed by atoms with Crippen molar-refractivity contribution in [2.45, 2.75) is 0 Å². The molecule has 3 N–H and O–H groups in total. The van der Waals surface area contributed by atoms with Crippen molar-refractivity contribution in [2.75, 3.05) is 11.1 Å². The molecule has 20 heavy (non-hydrogen) atoms. The van der Waals surface area contributed by atoms with Crippen LogP contribution in [0.15, 0.2) is 40.9 Å². The predicted molar refractivity (Wildman–Crippen MR) is 77.6 cm³/mol. The first kappa shape index (κ1) is 14.0. The second-order valence-electron chi connectivity index (χ2n) is 3.99. The summed E-state index contributed by atoms with van der Waals surface area (Å²) in [5.41, 5.74) is 6.42. The Balaban J connectivity index is 2.28. The van der Waals surface area contributed by atoms with Gasteiger partial charge >= 0.3 is 0 Å². The number of nitrogen functional groups attached to an aromatic ring is 1. The van der Waals surface area contributed by atoms with E-state index in [1.165, 1.54) is 12.1 Å². The standard InChI is InChI=1S/C14H9BrFN3O/c15-9-2-3-12(18)10(6-9)14(20)19-13-4-1-8(7-17)5-11(13)16/h1-6H,18H2,(H,19,20). The zero-order chi connectivity index (χ0) is 14.7. The molecule has 0 aliphatic heterocycles. The number of carbonyl (C=O) groups excluding carboxylic acids is 1. The minimum atomic E-state index is -0.675. The molecule has 0 saturated carbocycles. The first-order valence-corrected chi connectivity index (χ1v) is 6.36. The van der Waals surface area contributed by atoms with Crippen molar-refractivity contribution in [3.05, 3.63) is 57.8 Å². The van der Waals surface area contributed by atoms with Gasteiger partial charge in [0.25, 0.3) is 5.91 Å². The molecule has 2 aromatic rings. The average molecular weight is 334 g/mol. The second-order valence-corrected chi connectivity index (χ2v) is 4.91. The lowest BCUT2D eigenvalue weighted by molar-refractivity contribution is 0.102. The number of carbonyl (C=O) groups is 1. The molecule has 0 heterocycles. The Morgan fingerprint density at radius 3 is 2.70 bits per heavy atom. The molecule has 0 aliphatic carbocycles. The lowest BCUT2D eigenvalue weighted by atomic mass is 10.1. The Hall–Kier alpha value is -2.39. The minimum absolute atomic E-state index is 0.00613. The zero-order valence-corrected chi connectivity index (χ0v) is 11.7. The Labute approximate surface area is 123 Å². The second kappa shape index (κ2) is 5.72. The highest BCUT2D eigenvalue weighted by Gasteiger charge is 2.13. The lowest BCUT2D eigenvalue weighted by Crippen LogP contribution is -2.15. The van der Waals surface area contributed by atoms with Gasteiger partial charge in [-0.25, -0.2) is 4.39 Å². The number of amides is 1. The molecule has 100 valence electrons. The molecule has 0 bridgehead atoms. The van der Waals surface area contributed by atoms with Gasteiger partial charge in [0.1, 0.15) is 5.82 Å². The van der Waals surface area contributed by atoms with E-state index in [1.807, 2.05) is 6.07 Å². The molecule has 0 unspecified atom stereocenters. The summed E-state index contributed by atoms with van der Waals surface area (Å²) in [5.74, 6) is -1.20. The quantitative estimate of drug-likeness (QED) is 0.827. The number of nitrogens with zero attached hydrogens (tertiary/aromatic N) is 1. The van der Waals surface area contributed by atoms with Crippen molar-refractivity contribution < 1.29 is 9.18 Å². The van der Waals surface area contributed by atoms with Crippen molar-refractivity contribution >= 4 is 33.2 Å². The lowest BCUT2D eigenvalue weighted by Gasteiger charge is -2.09. The number of nitrogens with two attached hydrogens (primary N) is 1. The van der Waals surface area contributed by atoms with Gasteiger partial charge in [0.05, 0.1) is 22.9 Å². The largest absolute Gasteiger partial charge is 0.398 e. The minimum Gasteiger partial charge on any atom is -0.398 e. The summed E-state index contributed by atoms with van der Waals surface area (Å²) >= 11 is 3.24. The zero-order valence-electron chi connectivity index (χ0n) is 10.2. The maximum atomic E-state index is 13.7. The molecule has 0 radical (unpaired) electrons. The summed E-state index contributed by atoms with van der Waals surface area (Å²) in [6.45, 7) is 0. The van der Waals surface area contributed by atoms with Gasteiger partial charge in [-0.1, -0.05) is 15.9 Å². The van der Waals surface area contributed by atoms with Crippen LogP contribution in [0.5, 0.6) is 0 Å². The SMILES string of the molecule is N#Cc1ccc(NC(=O)c2cc(Br)ccc2N)c(F)c1. The van der Waals surface area contributed by atoms with Crippen LogP contribution >= 0.6 is 15.9 Å². The van der Waals surface area contributed by atoms with Crippen LogP contribution in [0.2, 0.25) is 0 Å². The third kappa shape index (κ3) is 2.95. The maximum absolute atomic E-state index is 13.7. The van der Waals surface area contributed by atoms with Crippen LogP contribution in [0.1, 0.15) is 15.9 Å². The van der Waals surface area contributed by atoms with Crippen molar-refractivity contribution in [1.29, 1.82) is 5.26 Å². The summed E-state index contributed by atoms with van der Waals surface area (Å²) in [4.78, 5) is 12.1. The van der Waals surface area contributed by atoms with Crippen molar-refractivity contribution in [2.24, 2.45) is 0 Å². The number of rotatable bonds is 2. The first-order valence-electron chi connectivity index (χ1n) is 5.57. The van der Waals surface area contributed by atoms with Gasteiger partial charge in [-0.15, -0.1) is 0 Å². The summed E-state index contributed by atoms with van der Waals surface area (Å²) in [7, 11) is 0. The maximum Gasteiger partial charge on any atom is 0.257 e. The van der Waals surface area contributed by atoms with Crippen LogP contribution in [0, 0.1) is 17.1 Å². The molecule has 0 aliphatic rings. The normalized spacial score (nSPS) is 9.85. The molecule has 0 spiro atoms. The van der Waals surface area contributed by atoms with Gasteiger partial charge in [-0.3, -0.25) is 4.79 Å². The number of benzene rings is 2. The predicted octanol–water partition coefficient (Wildman–Crippen LogP) is 3.29. The first-order chi connectivity index (χ1) is 9.51. The summed E-state index contributed by atoms with van der Waals surface area (Å²) < 4.78 is 14.4. The van der Waals surface area contributed by atoms with E-state index in [0.29, 0.717) is 10.2 Å². The number of hydrogen-bond acceptors (Lipinski definition) is 3. The number of nitriles is 1. The van der Waals surface area contributed by atoms with Gasteiger partial charge in [0.15, 0.2) is 0 Å². The Morgan fingerprint density at radius 2 is 2.05 bits per heavy atom. The van der Waals surface area contributed by atoms with Crippen LogP contribution in [0.4, 0.5) is 15.8 Å². The Kier molecular flexibility index (Phi) is 4.01. The van der Waals surface area contributed by atoms with Crippen LogP contribution in [0.3, 0.4) is 0 Å². The van der Waals surface area contributed by atoms with Crippen molar-refractivity contribution in [3.63, 3.8) is 0 Å². The Morgan fingerprint density at radius 1 is 1.30 bits per heavy atom. The molecule has 2 aromatic carbocycles. The van der Waals surface area contributed by atoms with Crippen LogP contribution in [0.25, 0.3) is 0 Å². The van der Waals surface area contributed by atoms with E-state index in [1.54, 1.807) is 18.2 Å². The van der Waals surface area contributed by atoms with Crippen LogP contribution in [-0.2, 0) is 0 Å². The van der Waals surface area contributed by atoms with E-state index in [-0.39, 0.29) is 16.8 Å². The fourth-order valence-electron chi connectivity index (χ4n) is 1.60. The highest BCUT2D eigenvalue weighted by molar-refractivity contribution is 9.10. The van der Waals surface area contributed by atoms with Crippen molar-refractivity contribution in [3.8, 4) is 6.07 Å². The van der Waals surface area contributed by atoms with E-state index < -0.39 is 11.7 Å². The number of nitrogens with one attached hydrogen (secondary N) is 1. The molecule has 1 amide bonds. The van der Waals surface area contributed by atoms with Crippen LogP contribution in [-0.4, -0.2) is 5.91 Å². The Bertz CT molecular complexity index is 725. The molecule has 0 saturated heterocycles. The molecule has 0 fully saturated rings. The molecular formula is C14H9BrFN3O.